The van der Waals surface area contributed by atoms with E-state index < -0.39 is 0 Å². The zero-order chi connectivity index (χ0) is 10.8. The van der Waals surface area contributed by atoms with Gasteiger partial charge in [0.2, 0.25) is 5.91 Å². The Morgan fingerprint density at radius 1 is 1.53 bits per heavy atom. The van der Waals surface area contributed by atoms with Gasteiger partial charge in [0.1, 0.15) is 0 Å². The van der Waals surface area contributed by atoms with E-state index in [4.69, 9.17) is 17.3 Å². The summed E-state index contributed by atoms with van der Waals surface area (Å²) in [5.74, 6) is 0.123. The number of carbonyl (C=O) groups excluding carboxylic acids is 1. The van der Waals surface area contributed by atoms with Gasteiger partial charge in [0.25, 0.3) is 0 Å². The molecule has 1 aliphatic rings. The molecule has 1 aliphatic heterocycles. The molecule has 1 fully saturated rings. The van der Waals surface area contributed by atoms with E-state index in [1.54, 1.807) is 4.90 Å². The molecule has 80 valence electrons. The van der Waals surface area contributed by atoms with Gasteiger partial charge in [-0.25, -0.2) is 0 Å². The van der Waals surface area contributed by atoms with Gasteiger partial charge in [-0.1, -0.05) is 12.1 Å². The van der Waals surface area contributed by atoms with Gasteiger partial charge < -0.3 is 10.6 Å². The van der Waals surface area contributed by atoms with Gasteiger partial charge in [-0.2, -0.15) is 0 Å². The normalized spacial score (nSPS) is 21.0. The standard InChI is InChI=1S/C11H13ClN2O/c12-9-5-11(15)14(7-9)6-8-2-1-3-10(13)4-8/h1-4,9H,5-7,13H2. The van der Waals surface area contributed by atoms with Gasteiger partial charge in [-0.05, 0) is 17.7 Å². The van der Waals surface area contributed by atoms with Crippen LogP contribution in [0, 0.1) is 0 Å². The Hall–Kier alpha value is -1.22. The van der Waals surface area contributed by atoms with E-state index in [1.165, 1.54) is 0 Å². The Kier molecular flexibility index (Phi) is 2.82. The second-order valence-electron chi connectivity index (χ2n) is 3.82. The number of likely N-dealkylation sites (tertiary alicyclic amines) is 1. The third-order valence-corrected chi connectivity index (χ3v) is 2.78. The number of nitrogens with zero attached hydrogens (tertiary/aromatic N) is 1. The Morgan fingerprint density at radius 3 is 2.93 bits per heavy atom. The lowest BCUT2D eigenvalue weighted by molar-refractivity contribution is -0.128. The first kappa shape index (κ1) is 10.3. The van der Waals surface area contributed by atoms with Crippen LogP contribution in [0.4, 0.5) is 5.69 Å². The molecule has 2 N–H and O–H groups in total. The SMILES string of the molecule is Nc1cccc(CN2CC(Cl)CC2=O)c1. The zero-order valence-electron chi connectivity index (χ0n) is 8.32. The van der Waals surface area contributed by atoms with E-state index >= 15 is 0 Å². The van der Waals surface area contributed by atoms with Crippen molar-refractivity contribution in [2.75, 3.05) is 12.3 Å². The number of halogens is 1. The smallest absolute Gasteiger partial charge is 0.224 e. The molecule has 0 saturated carbocycles. The number of nitrogen functional groups attached to an aromatic ring is 1. The van der Waals surface area contributed by atoms with Crippen LogP contribution in [0.5, 0.6) is 0 Å². The molecular formula is C11H13ClN2O. The molecular weight excluding hydrogens is 212 g/mol. The fourth-order valence-corrected chi connectivity index (χ4v) is 2.09. The molecule has 1 aromatic carbocycles. The molecule has 0 bridgehead atoms. The van der Waals surface area contributed by atoms with E-state index in [0.29, 0.717) is 19.5 Å². The van der Waals surface area contributed by atoms with E-state index in [0.717, 1.165) is 11.3 Å². The number of benzene rings is 1. The molecule has 4 heteroatoms. The van der Waals surface area contributed by atoms with E-state index in [-0.39, 0.29) is 11.3 Å². The van der Waals surface area contributed by atoms with E-state index in [2.05, 4.69) is 0 Å². The summed E-state index contributed by atoms with van der Waals surface area (Å²) in [7, 11) is 0. The molecule has 1 saturated heterocycles. The molecule has 0 spiro atoms. The predicted octanol–water partition coefficient (Wildman–Crippen LogP) is 1.61. The lowest BCUT2D eigenvalue weighted by atomic mass is 10.2. The van der Waals surface area contributed by atoms with Crippen molar-refractivity contribution in [2.45, 2.75) is 18.3 Å². The van der Waals surface area contributed by atoms with Crippen molar-refractivity contribution in [3.63, 3.8) is 0 Å². The Morgan fingerprint density at radius 2 is 2.33 bits per heavy atom. The van der Waals surface area contributed by atoms with Gasteiger partial charge in [0.15, 0.2) is 0 Å². The number of amides is 1. The summed E-state index contributed by atoms with van der Waals surface area (Å²) in [6, 6.07) is 7.57. The maximum absolute atomic E-state index is 11.5. The summed E-state index contributed by atoms with van der Waals surface area (Å²) in [6.07, 6.45) is 0.448. The minimum atomic E-state index is -0.0430. The summed E-state index contributed by atoms with van der Waals surface area (Å²) in [6.45, 7) is 1.24. The average Bonchev–Trinajstić information content (AvgIpc) is 2.45. The highest BCUT2D eigenvalue weighted by atomic mass is 35.5. The number of hydrogen-bond acceptors (Lipinski definition) is 2. The van der Waals surface area contributed by atoms with E-state index in [9.17, 15) is 4.79 Å². The van der Waals surface area contributed by atoms with Crippen LogP contribution < -0.4 is 5.73 Å². The van der Waals surface area contributed by atoms with Gasteiger partial charge in [-0.3, -0.25) is 4.79 Å². The summed E-state index contributed by atoms with van der Waals surface area (Å²) in [5, 5.41) is -0.0430. The Labute approximate surface area is 93.8 Å². The topological polar surface area (TPSA) is 46.3 Å². The lowest BCUT2D eigenvalue weighted by Crippen LogP contribution is -2.24. The highest BCUT2D eigenvalue weighted by molar-refractivity contribution is 6.22. The molecule has 15 heavy (non-hydrogen) atoms. The minimum Gasteiger partial charge on any atom is -0.399 e. The summed E-state index contributed by atoms with van der Waals surface area (Å²) >= 11 is 5.91. The molecule has 1 atom stereocenters. The average molecular weight is 225 g/mol. The molecule has 0 aromatic heterocycles. The highest BCUT2D eigenvalue weighted by Crippen LogP contribution is 2.19. The van der Waals surface area contributed by atoms with Crippen LogP contribution in [0.1, 0.15) is 12.0 Å². The molecule has 1 unspecified atom stereocenters. The molecule has 3 nitrogen and oxygen atoms in total. The van der Waals surface area contributed by atoms with Crippen LogP contribution in [-0.2, 0) is 11.3 Å². The molecule has 2 rings (SSSR count). The molecule has 1 amide bonds. The molecule has 0 radical (unpaired) electrons. The van der Waals surface area contributed by atoms with Crippen molar-refractivity contribution >= 4 is 23.2 Å². The fourth-order valence-electron chi connectivity index (χ4n) is 1.79. The van der Waals surface area contributed by atoms with Gasteiger partial charge in [0, 0.05) is 25.2 Å². The third-order valence-electron chi connectivity index (χ3n) is 2.49. The van der Waals surface area contributed by atoms with Crippen LogP contribution in [-0.4, -0.2) is 22.7 Å². The maximum atomic E-state index is 11.5. The number of anilines is 1. The first-order valence-electron chi connectivity index (χ1n) is 4.91. The number of alkyl halides is 1. The van der Waals surface area contributed by atoms with Crippen molar-refractivity contribution in [1.82, 2.24) is 4.90 Å². The van der Waals surface area contributed by atoms with Crippen LogP contribution in [0.3, 0.4) is 0 Å². The number of carbonyl (C=O) groups is 1. The summed E-state index contributed by atoms with van der Waals surface area (Å²) < 4.78 is 0. The third kappa shape index (κ3) is 2.42. The predicted molar refractivity (Wildman–Crippen MR) is 60.5 cm³/mol. The Bertz CT molecular complexity index is 381. The molecule has 0 aliphatic carbocycles. The fraction of sp³-hybridized carbons (Fsp3) is 0.364. The van der Waals surface area contributed by atoms with Crippen molar-refractivity contribution in [1.29, 1.82) is 0 Å². The lowest BCUT2D eigenvalue weighted by Gasteiger charge is -2.15. The second kappa shape index (κ2) is 4.11. The largest absolute Gasteiger partial charge is 0.399 e. The second-order valence-corrected chi connectivity index (χ2v) is 4.44. The van der Waals surface area contributed by atoms with Crippen LogP contribution in [0.25, 0.3) is 0 Å². The van der Waals surface area contributed by atoms with Crippen LogP contribution >= 0.6 is 11.6 Å². The first-order chi connectivity index (χ1) is 7.15. The van der Waals surface area contributed by atoms with Crippen LogP contribution in [0.2, 0.25) is 0 Å². The zero-order valence-corrected chi connectivity index (χ0v) is 9.07. The first-order valence-corrected chi connectivity index (χ1v) is 5.35. The van der Waals surface area contributed by atoms with Gasteiger partial charge in [-0.15, -0.1) is 11.6 Å². The number of nitrogens with two attached hydrogens (primary N) is 1. The molecule has 1 heterocycles. The van der Waals surface area contributed by atoms with Crippen LogP contribution in [0.15, 0.2) is 24.3 Å². The van der Waals surface area contributed by atoms with E-state index in [1.807, 2.05) is 24.3 Å². The van der Waals surface area contributed by atoms with Crippen molar-refractivity contribution in [2.24, 2.45) is 0 Å². The monoisotopic (exact) mass is 224 g/mol. The minimum absolute atomic E-state index is 0.0430. The summed E-state index contributed by atoms with van der Waals surface area (Å²) in [4.78, 5) is 13.3. The highest BCUT2D eigenvalue weighted by Gasteiger charge is 2.27. The Balaban J connectivity index is 2.06. The maximum Gasteiger partial charge on any atom is 0.224 e. The van der Waals surface area contributed by atoms with Gasteiger partial charge >= 0.3 is 0 Å². The van der Waals surface area contributed by atoms with Crippen molar-refractivity contribution in [3.8, 4) is 0 Å². The van der Waals surface area contributed by atoms with Crippen molar-refractivity contribution < 1.29 is 4.79 Å². The quantitative estimate of drug-likeness (QED) is 0.613. The summed E-state index contributed by atoms with van der Waals surface area (Å²) in [5.41, 5.74) is 7.44. The van der Waals surface area contributed by atoms with Crippen molar-refractivity contribution in [3.05, 3.63) is 29.8 Å². The molecule has 1 aromatic rings. The number of hydrogen-bond donors (Lipinski definition) is 1. The number of rotatable bonds is 2. The van der Waals surface area contributed by atoms with Gasteiger partial charge in [0.05, 0.1) is 5.38 Å².